The van der Waals surface area contributed by atoms with Crippen molar-refractivity contribution in [2.24, 2.45) is 0 Å². The SMILES string of the molecule is CC(C)c1cc2cc[nH]c2cn1. The Balaban J connectivity index is 2.60. The van der Waals surface area contributed by atoms with Gasteiger partial charge in [0.2, 0.25) is 0 Å². The first-order chi connectivity index (χ1) is 5.77. The highest BCUT2D eigenvalue weighted by atomic mass is 14.7. The molecule has 1 N–H and O–H groups in total. The van der Waals surface area contributed by atoms with Gasteiger partial charge < -0.3 is 4.98 Å². The summed E-state index contributed by atoms with van der Waals surface area (Å²) in [5.74, 6) is 0.504. The molecule has 0 aliphatic heterocycles. The maximum absolute atomic E-state index is 4.35. The van der Waals surface area contributed by atoms with Gasteiger partial charge in [-0.05, 0) is 18.1 Å². The fourth-order valence-electron chi connectivity index (χ4n) is 1.28. The highest BCUT2D eigenvalue weighted by molar-refractivity contribution is 5.78. The van der Waals surface area contributed by atoms with Crippen LogP contribution >= 0.6 is 0 Å². The summed E-state index contributed by atoms with van der Waals surface area (Å²) in [6.07, 6.45) is 3.83. The Bertz CT molecular complexity index is 387. The molecule has 0 saturated heterocycles. The summed E-state index contributed by atoms with van der Waals surface area (Å²) < 4.78 is 0. The first kappa shape index (κ1) is 7.35. The van der Waals surface area contributed by atoms with Crippen LogP contribution in [0.4, 0.5) is 0 Å². The molecule has 0 fully saturated rings. The second-order valence-corrected chi connectivity index (χ2v) is 3.33. The van der Waals surface area contributed by atoms with Crippen LogP contribution in [-0.4, -0.2) is 9.97 Å². The van der Waals surface area contributed by atoms with Gasteiger partial charge >= 0.3 is 0 Å². The van der Waals surface area contributed by atoms with E-state index in [1.807, 2.05) is 12.4 Å². The quantitative estimate of drug-likeness (QED) is 0.682. The number of pyridine rings is 1. The normalized spacial score (nSPS) is 11.2. The number of hydrogen-bond acceptors (Lipinski definition) is 1. The van der Waals surface area contributed by atoms with E-state index in [1.54, 1.807) is 0 Å². The number of nitrogens with zero attached hydrogens (tertiary/aromatic N) is 1. The third kappa shape index (κ3) is 1.09. The van der Waals surface area contributed by atoms with E-state index < -0.39 is 0 Å². The van der Waals surface area contributed by atoms with Crippen LogP contribution in [0.25, 0.3) is 10.9 Å². The third-order valence-corrected chi connectivity index (χ3v) is 2.05. The number of rotatable bonds is 1. The van der Waals surface area contributed by atoms with Crippen LogP contribution in [0, 0.1) is 0 Å². The minimum atomic E-state index is 0.504. The molecule has 2 heterocycles. The molecule has 0 saturated carbocycles. The second-order valence-electron chi connectivity index (χ2n) is 3.33. The van der Waals surface area contributed by atoms with Crippen LogP contribution in [0.2, 0.25) is 0 Å². The number of H-pyrrole nitrogens is 1. The molecule has 62 valence electrons. The van der Waals surface area contributed by atoms with Crippen LogP contribution in [0.15, 0.2) is 24.5 Å². The predicted octanol–water partition coefficient (Wildman–Crippen LogP) is 2.69. The summed E-state index contributed by atoms with van der Waals surface area (Å²) in [7, 11) is 0. The average molecular weight is 160 g/mol. The highest BCUT2D eigenvalue weighted by Gasteiger charge is 2.01. The predicted molar refractivity (Wildman–Crippen MR) is 50.2 cm³/mol. The van der Waals surface area contributed by atoms with Gasteiger partial charge in [0.05, 0.1) is 11.7 Å². The Morgan fingerprint density at radius 2 is 2.25 bits per heavy atom. The van der Waals surface area contributed by atoms with Crippen LogP contribution in [-0.2, 0) is 0 Å². The summed E-state index contributed by atoms with van der Waals surface area (Å²) in [6, 6.07) is 4.21. The van der Waals surface area contributed by atoms with E-state index in [0.717, 1.165) is 11.2 Å². The summed E-state index contributed by atoms with van der Waals surface area (Å²) in [5.41, 5.74) is 2.27. The Hall–Kier alpha value is -1.31. The summed E-state index contributed by atoms with van der Waals surface area (Å²) >= 11 is 0. The van der Waals surface area contributed by atoms with E-state index in [2.05, 4.69) is 35.9 Å². The molecule has 0 amide bonds. The van der Waals surface area contributed by atoms with Gasteiger partial charge in [0, 0.05) is 17.3 Å². The Morgan fingerprint density at radius 1 is 1.42 bits per heavy atom. The van der Waals surface area contributed by atoms with Crippen LogP contribution < -0.4 is 0 Å². The lowest BCUT2D eigenvalue weighted by molar-refractivity contribution is 0.826. The van der Waals surface area contributed by atoms with Crippen molar-refractivity contribution in [3.05, 3.63) is 30.2 Å². The largest absolute Gasteiger partial charge is 0.360 e. The Labute approximate surface area is 71.6 Å². The van der Waals surface area contributed by atoms with E-state index in [-0.39, 0.29) is 0 Å². The molecule has 2 aromatic heterocycles. The smallest absolute Gasteiger partial charge is 0.0640 e. The van der Waals surface area contributed by atoms with Gasteiger partial charge in [0.15, 0.2) is 0 Å². The molecule has 0 spiro atoms. The van der Waals surface area contributed by atoms with Crippen molar-refractivity contribution >= 4 is 10.9 Å². The first-order valence-electron chi connectivity index (χ1n) is 4.20. The number of fused-ring (bicyclic) bond motifs is 1. The molecule has 0 atom stereocenters. The fourth-order valence-corrected chi connectivity index (χ4v) is 1.28. The molecule has 0 aliphatic rings. The summed E-state index contributed by atoms with van der Waals surface area (Å²) in [6.45, 7) is 4.31. The molecule has 2 heteroatoms. The number of hydrogen-bond donors (Lipinski definition) is 1. The minimum Gasteiger partial charge on any atom is -0.360 e. The van der Waals surface area contributed by atoms with Crippen molar-refractivity contribution in [1.29, 1.82) is 0 Å². The summed E-state index contributed by atoms with van der Waals surface area (Å²) in [4.78, 5) is 7.47. The molecule has 0 unspecified atom stereocenters. The molecule has 12 heavy (non-hydrogen) atoms. The van der Waals surface area contributed by atoms with Crippen LogP contribution in [0.3, 0.4) is 0 Å². The molecule has 2 nitrogen and oxygen atoms in total. The second kappa shape index (κ2) is 2.63. The van der Waals surface area contributed by atoms with E-state index in [1.165, 1.54) is 5.39 Å². The van der Waals surface area contributed by atoms with Gasteiger partial charge in [-0.25, -0.2) is 0 Å². The third-order valence-electron chi connectivity index (χ3n) is 2.05. The molecule has 0 radical (unpaired) electrons. The van der Waals surface area contributed by atoms with Crippen molar-refractivity contribution < 1.29 is 0 Å². The molecule has 0 aliphatic carbocycles. The molecule has 0 aromatic carbocycles. The fraction of sp³-hybridized carbons (Fsp3) is 0.300. The Morgan fingerprint density at radius 3 is 3.00 bits per heavy atom. The zero-order chi connectivity index (χ0) is 8.55. The molecule has 2 aromatic rings. The standard InChI is InChI=1S/C10H12N2/c1-7(2)9-5-8-3-4-11-10(8)6-12-9/h3-7,11H,1-2H3. The molecule has 0 bridgehead atoms. The van der Waals surface area contributed by atoms with Crippen molar-refractivity contribution in [2.75, 3.05) is 0 Å². The Kier molecular flexibility index (Phi) is 1.61. The lowest BCUT2D eigenvalue weighted by Crippen LogP contribution is -1.90. The monoisotopic (exact) mass is 160 g/mol. The lowest BCUT2D eigenvalue weighted by atomic mass is 10.1. The minimum absolute atomic E-state index is 0.504. The van der Waals surface area contributed by atoms with Crippen molar-refractivity contribution in [1.82, 2.24) is 9.97 Å². The number of aromatic amines is 1. The van der Waals surface area contributed by atoms with E-state index in [9.17, 15) is 0 Å². The lowest BCUT2D eigenvalue weighted by Gasteiger charge is -2.02. The zero-order valence-electron chi connectivity index (χ0n) is 7.33. The van der Waals surface area contributed by atoms with Gasteiger partial charge in [0.1, 0.15) is 0 Å². The van der Waals surface area contributed by atoms with E-state index >= 15 is 0 Å². The molecule has 2 rings (SSSR count). The van der Waals surface area contributed by atoms with Gasteiger partial charge in [-0.3, -0.25) is 4.98 Å². The van der Waals surface area contributed by atoms with E-state index in [0.29, 0.717) is 5.92 Å². The molecular formula is C10H12N2. The molecular weight excluding hydrogens is 148 g/mol. The average Bonchev–Trinajstić information content (AvgIpc) is 2.49. The van der Waals surface area contributed by atoms with E-state index in [4.69, 9.17) is 0 Å². The summed E-state index contributed by atoms with van der Waals surface area (Å²) in [5, 5.41) is 1.24. The zero-order valence-corrected chi connectivity index (χ0v) is 7.33. The van der Waals surface area contributed by atoms with Crippen LogP contribution in [0.1, 0.15) is 25.5 Å². The number of nitrogens with one attached hydrogen (secondary N) is 1. The van der Waals surface area contributed by atoms with Gasteiger partial charge in [-0.1, -0.05) is 13.8 Å². The highest BCUT2D eigenvalue weighted by Crippen LogP contribution is 2.17. The first-order valence-corrected chi connectivity index (χ1v) is 4.20. The maximum atomic E-state index is 4.35. The topological polar surface area (TPSA) is 28.7 Å². The van der Waals surface area contributed by atoms with Crippen LogP contribution in [0.5, 0.6) is 0 Å². The van der Waals surface area contributed by atoms with Gasteiger partial charge in [-0.15, -0.1) is 0 Å². The van der Waals surface area contributed by atoms with Crippen molar-refractivity contribution in [2.45, 2.75) is 19.8 Å². The van der Waals surface area contributed by atoms with Crippen molar-refractivity contribution in [3.63, 3.8) is 0 Å². The number of aromatic nitrogens is 2. The maximum Gasteiger partial charge on any atom is 0.0640 e. The van der Waals surface area contributed by atoms with Crippen molar-refractivity contribution in [3.8, 4) is 0 Å². The van der Waals surface area contributed by atoms with Gasteiger partial charge in [-0.2, -0.15) is 0 Å². The van der Waals surface area contributed by atoms with Gasteiger partial charge in [0.25, 0.3) is 0 Å².